The summed E-state index contributed by atoms with van der Waals surface area (Å²) in [6.45, 7) is 5.11. The van der Waals surface area contributed by atoms with Crippen LogP contribution in [0.3, 0.4) is 0 Å². The molecule has 0 unspecified atom stereocenters. The molecule has 3 rings (SSSR count). The van der Waals surface area contributed by atoms with E-state index in [1.54, 1.807) is 10.9 Å². The van der Waals surface area contributed by atoms with Crippen molar-refractivity contribution in [2.24, 2.45) is 0 Å². The van der Waals surface area contributed by atoms with Gasteiger partial charge in [-0.15, -0.1) is 11.3 Å². The van der Waals surface area contributed by atoms with Crippen molar-refractivity contribution < 1.29 is 4.74 Å². The van der Waals surface area contributed by atoms with E-state index in [0.717, 1.165) is 48.4 Å². The largest absolute Gasteiger partial charge is 0.381 e. The Morgan fingerprint density at radius 1 is 1.50 bits per heavy atom. The third kappa shape index (κ3) is 2.77. The molecule has 2 aromatic rings. The fourth-order valence-electron chi connectivity index (χ4n) is 2.51. The van der Waals surface area contributed by atoms with Crippen molar-refractivity contribution in [3.8, 4) is 0 Å². The Labute approximate surface area is 121 Å². The number of ether oxygens (including phenoxy) is 1. The van der Waals surface area contributed by atoms with Crippen molar-refractivity contribution in [3.05, 3.63) is 27.6 Å². The summed E-state index contributed by atoms with van der Waals surface area (Å²) in [5, 5.41) is 5.48. The molecule has 0 radical (unpaired) electrons. The van der Waals surface area contributed by atoms with Crippen LogP contribution in [0, 0.1) is 6.92 Å². The molecule has 1 aliphatic rings. The van der Waals surface area contributed by atoms with Crippen LogP contribution < -0.4 is 10.9 Å². The van der Waals surface area contributed by atoms with E-state index >= 15 is 0 Å². The third-order valence-electron chi connectivity index (χ3n) is 3.73. The zero-order chi connectivity index (χ0) is 13.9. The predicted molar refractivity (Wildman–Crippen MR) is 80.5 cm³/mol. The third-order valence-corrected chi connectivity index (χ3v) is 4.81. The normalized spacial score (nSPS) is 16.9. The minimum absolute atomic E-state index is 0.0712. The van der Waals surface area contributed by atoms with Crippen molar-refractivity contribution in [1.29, 1.82) is 0 Å². The van der Waals surface area contributed by atoms with Crippen molar-refractivity contribution in [3.63, 3.8) is 0 Å². The summed E-state index contributed by atoms with van der Waals surface area (Å²) >= 11 is 1.48. The zero-order valence-corrected chi connectivity index (χ0v) is 12.4. The molecule has 0 spiro atoms. The van der Waals surface area contributed by atoms with Crippen LogP contribution >= 0.6 is 11.3 Å². The maximum Gasteiger partial charge on any atom is 0.271 e. The van der Waals surface area contributed by atoms with Crippen LogP contribution in [-0.2, 0) is 11.3 Å². The summed E-state index contributed by atoms with van der Waals surface area (Å²) < 4.78 is 7.79. The maximum absolute atomic E-state index is 12.3. The van der Waals surface area contributed by atoms with Gasteiger partial charge in [0.2, 0.25) is 0 Å². The maximum atomic E-state index is 12.3. The van der Waals surface area contributed by atoms with Gasteiger partial charge in [-0.2, -0.15) is 0 Å². The average molecular weight is 293 g/mol. The summed E-state index contributed by atoms with van der Waals surface area (Å²) in [7, 11) is 0. The standard InChI is InChI=1S/C14H19N3O2S/c1-10-8-20-13-12(10)16-9-17(14(13)18)5-4-15-11-2-6-19-7-3-11/h8-9,11,15H,2-7H2,1H3. The van der Waals surface area contributed by atoms with Gasteiger partial charge in [-0.3, -0.25) is 9.36 Å². The first-order valence-corrected chi connectivity index (χ1v) is 7.88. The van der Waals surface area contributed by atoms with Crippen molar-refractivity contribution in [2.45, 2.75) is 32.4 Å². The van der Waals surface area contributed by atoms with Crippen LogP contribution in [0.25, 0.3) is 10.2 Å². The van der Waals surface area contributed by atoms with Crippen LogP contribution in [0.2, 0.25) is 0 Å². The fourth-order valence-corrected chi connectivity index (χ4v) is 3.46. The Bertz CT molecular complexity index is 643. The lowest BCUT2D eigenvalue weighted by Crippen LogP contribution is -2.37. The second kappa shape index (κ2) is 6.03. The van der Waals surface area contributed by atoms with Gasteiger partial charge in [0, 0.05) is 32.3 Å². The molecule has 1 fully saturated rings. The van der Waals surface area contributed by atoms with E-state index in [-0.39, 0.29) is 5.56 Å². The van der Waals surface area contributed by atoms with E-state index in [9.17, 15) is 4.79 Å². The van der Waals surface area contributed by atoms with E-state index < -0.39 is 0 Å². The Morgan fingerprint density at radius 3 is 3.10 bits per heavy atom. The van der Waals surface area contributed by atoms with Gasteiger partial charge < -0.3 is 10.1 Å². The summed E-state index contributed by atoms with van der Waals surface area (Å²) in [5.74, 6) is 0. The number of hydrogen-bond donors (Lipinski definition) is 1. The minimum atomic E-state index is 0.0712. The molecule has 0 amide bonds. The zero-order valence-electron chi connectivity index (χ0n) is 11.6. The molecule has 2 aromatic heterocycles. The lowest BCUT2D eigenvalue weighted by molar-refractivity contribution is 0.0778. The van der Waals surface area contributed by atoms with E-state index in [4.69, 9.17) is 4.74 Å². The van der Waals surface area contributed by atoms with E-state index in [1.807, 2.05) is 12.3 Å². The number of aromatic nitrogens is 2. The Hall–Kier alpha value is -1.24. The summed E-state index contributed by atoms with van der Waals surface area (Å²) in [4.78, 5) is 16.7. The minimum Gasteiger partial charge on any atom is -0.381 e. The number of hydrogen-bond acceptors (Lipinski definition) is 5. The fraction of sp³-hybridized carbons (Fsp3) is 0.571. The Balaban J connectivity index is 1.65. The highest BCUT2D eigenvalue weighted by Crippen LogP contribution is 2.19. The Morgan fingerprint density at radius 2 is 2.30 bits per heavy atom. The monoisotopic (exact) mass is 293 g/mol. The molecule has 108 valence electrons. The average Bonchev–Trinajstić information content (AvgIpc) is 2.85. The van der Waals surface area contributed by atoms with E-state index in [2.05, 4.69) is 10.3 Å². The van der Waals surface area contributed by atoms with Crippen molar-refractivity contribution in [2.75, 3.05) is 19.8 Å². The van der Waals surface area contributed by atoms with Gasteiger partial charge in [0.25, 0.3) is 5.56 Å². The highest BCUT2D eigenvalue weighted by Gasteiger charge is 2.13. The molecular weight excluding hydrogens is 274 g/mol. The molecule has 0 saturated carbocycles. The molecule has 1 N–H and O–H groups in total. The van der Waals surface area contributed by atoms with Crippen molar-refractivity contribution >= 4 is 21.6 Å². The van der Waals surface area contributed by atoms with Crippen LogP contribution in [-0.4, -0.2) is 35.4 Å². The van der Waals surface area contributed by atoms with Crippen LogP contribution in [0.4, 0.5) is 0 Å². The predicted octanol–water partition coefficient (Wildman–Crippen LogP) is 1.54. The molecule has 20 heavy (non-hydrogen) atoms. The van der Waals surface area contributed by atoms with Gasteiger partial charge in [0.15, 0.2) is 0 Å². The summed E-state index contributed by atoms with van der Waals surface area (Å²) in [6, 6.07) is 0.514. The van der Waals surface area contributed by atoms with E-state index in [0.29, 0.717) is 12.6 Å². The molecule has 0 aliphatic carbocycles. The molecule has 0 bridgehead atoms. The highest BCUT2D eigenvalue weighted by molar-refractivity contribution is 7.17. The van der Waals surface area contributed by atoms with Crippen LogP contribution in [0.5, 0.6) is 0 Å². The lowest BCUT2D eigenvalue weighted by Gasteiger charge is -2.23. The number of rotatable bonds is 4. The molecule has 3 heterocycles. The molecule has 0 atom stereocenters. The number of fused-ring (bicyclic) bond motifs is 1. The molecule has 6 heteroatoms. The van der Waals surface area contributed by atoms with Crippen LogP contribution in [0.15, 0.2) is 16.5 Å². The molecule has 1 saturated heterocycles. The molecule has 5 nitrogen and oxygen atoms in total. The first-order valence-electron chi connectivity index (χ1n) is 7.00. The van der Waals surface area contributed by atoms with Gasteiger partial charge in [-0.1, -0.05) is 0 Å². The quantitative estimate of drug-likeness (QED) is 0.929. The molecule has 1 aliphatic heterocycles. The second-order valence-corrected chi connectivity index (χ2v) is 6.06. The number of thiophene rings is 1. The van der Waals surface area contributed by atoms with Crippen molar-refractivity contribution in [1.82, 2.24) is 14.9 Å². The first kappa shape index (κ1) is 13.7. The summed E-state index contributed by atoms with van der Waals surface area (Å²) in [5.41, 5.74) is 1.99. The van der Waals surface area contributed by atoms with Gasteiger partial charge in [0.05, 0.1) is 11.8 Å². The van der Waals surface area contributed by atoms with Gasteiger partial charge in [-0.25, -0.2) is 4.98 Å². The lowest BCUT2D eigenvalue weighted by atomic mass is 10.1. The SMILES string of the molecule is Cc1csc2c(=O)n(CCNC3CCOCC3)cnc12. The number of aryl methyl sites for hydroxylation is 1. The van der Waals surface area contributed by atoms with Crippen LogP contribution in [0.1, 0.15) is 18.4 Å². The molecule has 0 aromatic carbocycles. The van der Waals surface area contributed by atoms with E-state index in [1.165, 1.54) is 11.3 Å². The summed E-state index contributed by atoms with van der Waals surface area (Å²) in [6.07, 6.45) is 3.77. The second-order valence-electron chi connectivity index (χ2n) is 5.18. The van der Waals surface area contributed by atoms with Gasteiger partial charge in [0.1, 0.15) is 4.70 Å². The smallest absolute Gasteiger partial charge is 0.271 e. The number of nitrogens with zero attached hydrogens (tertiary/aromatic N) is 2. The van der Waals surface area contributed by atoms with Gasteiger partial charge >= 0.3 is 0 Å². The first-order chi connectivity index (χ1) is 9.75. The van der Waals surface area contributed by atoms with Gasteiger partial charge in [-0.05, 0) is 30.7 Å². The Kier molecular flexibility index (Phi) is 4.14. The molecular formula is C14H19N3O2S. The number of nitrogens with one attached hydrogen (secondary N) is 1. The highest BCUT2D eigenvalue weighted by atomic mass is 32.1. The topological polar surface area (TPSA) is 56.2 Å².